The minimum Gasteiger partial charge on any atom is -0.353 e. The van der Waals surface area contributed by atoms with Crippen LogP contribution in [0.15, 0.2) is 35.5 Å². The molecule has 3 amide bonds. The van der Waals surface area contributed by atoms with E-state index in [4.69, 9.17) is 23.2 Å². The third-order valence-electron chi connectivity index (χ3n) is 6.41. The normalized spacial score (nSPS) is 19.1. The molecule has 0 unspecified atom stereocenters. The summed E-state index contributed by atoms with van der Waals surface area (Å²) in [5.41, 5.74) is 0.662. The number of benzene rings is 1. The highest BCUT2D eigenvalue weighted by Crippen LogP contribution is 2.25. The third-order valence-corrected chi connectivity index (χ3v) is 7.67. The topological polar surface area (TPSA) is 81.7 Å². The number of halogens is 2. The Kier molecular flexibility index (Phi) is 8.62. The number of aromatic nitrogens is 2. The molecule has 1 N–H and O–H groups in total. The van der Waals surface area contributed by atoms with Crippen molar-refractivity contribution in [3.63, 3.8) is 0 Å². The summed E-state index contributed by atoms with van der Waals surface area (Å²) in [5, 5.41) is 4.31. The SMILES string of the molecule is CC1CCN(C(=O)CSc2nc(Cl)cc(N3CCN(C(=O)Nc4cccc(Cl)c4)[C@H](C)C3)n2)CC1. The molecular formula is C24H30Cl2N6O2S. The molecule has 0 saturated carbocycles. The fourth-order valence-electron chi connectivity index (χ4n) is 4.32. The number of hydrogen-bond acceptors (Lipinski definition) is 6. The molecular weight excluding hydrogens is 507 g/mol. The fraction of sp³-hybridized carbons (Fsp3) is 0.500. The molecule has 2 fully saturated rings. The predicted molar refractivity (Wildman–Crippen MR) is 142 cm³/mol. The Morgan fingerprint density at radius 2 is 1.86 bits per heavy atom. The monoisotopic (exact) mass is 536 g/mol. The van der Waals surface area contributed by atoms with Gasteiger partial charge in [-0.1, -0.05) is 48.0 Å². The molecule has 3 heterocycles. The van der Waals surface area contributed by atoms with Gasteiger partial charge < -0.3 is 20.0 Å². The standard InChI is InChI=1S/C24H30Cl2N6O2S/c1-16-6-8-30(9-7-16)22(33)15-35-23-28-20(26)13-21(29-23)31-10-11-32(17(2)14-31)24(34)27-19-5-3-4-18(25)12-19/h3-5,12-13,16-17H,6-11,14-15H2,1-2H3,(H,27,34)/t17-/m1/s1. The molecule has 35 heavy (non-hydrogen) atoms. The Hall–Kier alpha value is -2.23. The van der Waals surface area contributed by atoms with Crippen LogP contribution in [0.1, 0.15) is 26.7 Å². The first-order valence-corrected chi connectivity index (χ1v) is 13.6. The molecule has 4 rings (SSSR count). The average Bonchev–Trinajstić information content (AvgIpc) is 2.82. The van der Waals surface area contributed by atoms with Gasteiger partial charge in [0.15, 0.2) is 5.16 Å². The van der Waals surface area contributed by atoms with Crippen molar-refractivity contribution in [2.75, 3.05) is 48.7 Å². The average molecular weight is 538 g/mol. The van der Waals surface area contributed by atoms with Crippen LogP contribution in [-0.4, -0.2) is 76.2 Å². The second-order valence-corrected chi connectivity index (χ2v) is 10.9. The second kappa shape index (κ2) is 11.7. The molecule has 2 aromatic rings. The number of piperazine rings is 1. The lowest BCUT2D eigenvalue weighted by atomic mass is 9.99. The highest BCUT2D eigenvalue weighted by atomic mass is 35.5. The van der Waals surface area contributed by atoms with Crippen LogP contribution in [0.3, 0.4) is 0 Å². The first-order valence-electron chi connectivity index (χ1n) is 11.8. The maximum atomic E-state index is 12.8. The zero-order valence-corrected chi connectivity index (χ0v) is 22.2. The minimum absolute atomic E-state index is 0.0455. The van der Waals surface area contributed by atoms with Crippen LogP contribution in [0, 0.1) is 5.92 Å². The number of carbonyl (C=O) groups excluding carboxylic acids is 2. The summed E-state index contributed by atoms with van der Waals surface area (Å²) in [6.07, 6.45) is 2.10. The number of amides is 3. The summed E-state index contributed by atoms with van der Waals surface area (Å²) in [7, 11) is 0. The minimum atomic E-state index is -0.165. The molecule has 8 nitrogen and oxygen atoms in total. The van der Waals surface area contributed by atoms with E-state index in [0.717, 1.165) is 25.9 Å². The molecule has 0 radical (unpaired) electrons. The van der Waals surface area contributed by atoms with Gasteiger partial charge in [0, 0.05) is 55.5 Å². The second-order valence-electron chi connectivity index (χ2n) is 9.11. The highest BCUT2D eigenvalue weighted by Gasteiger charge is 2.29. The molecule has 1 aromatic carbocycles. The van der Waals surface area contributed by atoms with Gasteiger partial charge >= 0.3 is 6.03 Å². The van der Waals surface area contributed by atoms with E-state index in [0.29, 0.717) is 58.1 Å². The van der Waals surface area contributed by atoms with Crippen LogP contribution in [0.4, 0.5) is 16.3 Å². The van der Waals surface area contributed by atoms with Crippen LogP contribution >= 0.6 is 35.0 Å². The van der Waals surface area contributed by atoms with Gasteiger partial charge in [-0.25, -0.2) is 14.8 Å². The quantitative estimate of drug-likeness (QED) is 0.333. The van der Waals surface area contributed by atoms with Gasteiger partial charge in [-0.3, -0.25) is 4.79 Å². The van der Waals surface area contributed by atoms with Gasteiger partial charge in [0.05, 0.1) is 5.75 Å². The van der Waals surface area contributed by atoms with Gasteiger partial charge in [0.25, 0.3) is 0 Å². The summed E-state index contributed by atoms with van der Waals surface area (Å²) in [6.45, 7) is 7.60. The lowest BCUT2D eigenvalue weighted by Gasteiger charge is -2.40. The zero-order valence-electron chi connectivity index (χ0n) is 19.9. The Morgan fingerprint density at radius 1 is 1.09 bits per heavy atom. The number of urea groups is 1. The van der Waals surface area contributed by atoms with Crippen molar-refractivity contribution in [3.05, 3.63) is 40.5 Å². The summed E-state index contributed by atoms with van der Waals surface area (Å²) in [5.74, 6) is 1.78. The number of thioether (sulfide) groups is 1. The van der Waals surface area contributed by atoms with E-state index in [2.05, 4.69) is 27.1 Å². The molecule has 2 saturated heterocycles. The Balaban J connectivity index is 1.34. The largest absolute Gasteiger partial charge is 0.353 e. The van der Waals surface area contributed by atoms with E-state index in [1.165, 1.54) is 11.8 Å². The van der Waals surface area contributed by atoms with Crippen molar-refractivity contribution in [2.45, 2.75) is 37.9 Å². The van der Waals surface area contributed by atoms with E-state index in [9.17, 15) is 9.59 Å². The summed E-state index contributed by atoms with van der Waals surface area (Å²) < 4.78 is 0. The molecule has 0 spiro atoms. The van der Waals surface area contributed by atoms with Crippen LogP contribution in [0.25, 0.3) is 0 Å². The molecule has 188 valence electrons. The predicted octanol–water partition coefficient (Wildman–Crippen LogP) is 4.88. The molecule has 0 aliphatic carbocycles. The van der Waals surface area contributed by atoms with Gasteiger partial charge in [0.2, 0.25) is 5.91 Å². The van der Waals surface area contributed by atoms with Gasteiger partial charge in [-0.15, -0.1) is 0 Å². The van der Waals surface area contributed by atoms with E-state index in [-0.39, 0.29) is 18.0 Å². The van der Waals surface area contributed by atoms with Crippen molar-refractivity contribution in [2.24, 2.45) is 5.92 Å². The van der Waals surface area contributed by atoms with Crippen LogP contribution in [0.5, 0.6) is 0 Å². The fourth-order valence-corrected chi connectivity index (χ4v) is 5.49. The van der Waals surface area contributed by atoms with E-state index in [1.807, 2.05) is 17.9 Å². The maximum Gasteiger partial charge on any atom is 0.322 e. The summed E-state index contributed by atoms with van der Waals surface area (Å²) >= 11 is 13.6. The lowest BCUT2D eigenvalue weighted by Crippen LogP contribution is -2.55. The number of nitrogens with one attached hydrogen (secondary N) is 1. The molecule has 0 bridgehead atoms. The number of rotatable bonds is 5. The van der Waals surface area contributed by atoms with Crippen LogP contribution < -0.4 is 10.2 Å². The van der Waals surface area contributed by atoms with Crippen molar-refractivity contribution >= 4 is 58.4 Å². The number of piperidine rings is 1. The Bertz CT molecular complexity index is 1070. The van der Waals surface area contributed by atoms with E-state index in [1.54, 1.807) is 29.2 Å². The van der Waals surface area contributed by atoms with Crippen LogP contribution in [-0.2, 0) is 4.79 Å². The molecule has 1 aromatic heterocycles. The first-order chi connectivity index (χ1) is 16.8. The highest BCUT2D eigenvalue weighted by molar-refractivity contribution is 7.99. The maximum absolute atomic E-state index is 12.8. The number of nitrogens with zero attached hydrogens (tertiary/aromatic N) is 5. The zero-order chi connectivity index (χ0) is 24.9. The third kappa shape index (κ3) is 6.92. The lowest BCUT2D eigenvalue weighted by molar-refractivity contribution is -0.129. The smallest absolute Gasteiger partial charge is 0.322 e. The molecule has 1 atom stereocenters. The molecule has 2 aliphatic heterocycles. The summed E-state index contributed by atoms with van der Waals surface area (Å²) in [4.78, 5) is 40.2. The van der Waals surface area contributed by atoms with Crippen molar-refractivity contribution in [1.29, 1.82) is 0 Å². The van der Waals surface area contributed by atoms with Gasteiger partial charge in [-0.2, -0.15) is 0 Å². The van der Waals surface area contributed by atoms with Crippen molar-refractivity contribution in [3.8, 4) is 0 Å². The van der Waals surface area contributed by atoms with Gasteiger partial charge in [0.1, 0.15) is 11.0 Å². The van der Waals surface area contributed by atoms with Crippen LogP contribution in [0.2, 0.25) is 10.2 Å². The van der Waals surface area contributed by atoms with Gasteiger partial charge in [-0.05, 0) is 43.9 Å². The number of hydrogen-bond donors (Lipinski definition) is 1. The number of carbonyl (C=O) groups is 2. The number of anilines is 2. The van der Waals surface area contributed by atoms with E-state index >= 15 is 0 Å². The summed E-state index contributed by atoms with van der Waals surface area (Å²) in [6, 6.07) is 8.62. The Morgan fingerprint density at radius 3 is 2.57 bits per heavy atom. The van der Waals surface area contributed by atoms with E-state index < -0.39 is 0 Å². The first kappa shape index (κ1) is 25.9. The number of likely N-dealkylation sites (tertiary alicyclic amines) is 1. The molecule has 2 aliphatic rings. The Labute approximate surface area is 220 Å². The van der Waals surface area contributed by atoms with Crippen molar-refractivity contribution in [1.82, 2.24) is 19.8 Å². The molecule has 11 heteroatoms. The van der Waals surface area contributed by atoms with Crippen molar-refractivity contribution < 1.29 is 9.59 Å².